The van der Waals surface area contributed by atoms with Crippen molar-refractivity contribution in [3.63, 3.8) is 0 Å². The molecule has 0 saturated heterocycles. The van der Waals surface area contributed by atoms with Crippen LogP contribution in [-0.4, -0.2) is 55.5 Å². The fourth-order valence-electron chi connectivity index (χ4n) is 3.37. The monoisotopic (exact) mass is 450 g/mol. The van der Waals surface area contributed by atoms with Crippen LogP contribution in [0.2, 0.25) is 0 Å². The molecule has 0 saturated carbocycles. The van der Waals surface area contributed by atoms with E-state index in [0.717, 1.165) is 28.0 Å². The molecule has 0 amide bonds. The maximum atomic E-state index is 12.6. The molecule has 0 bridgehead atoms. The summed E-state index contributed by atoms with van der Waals surface area (Å²) in [5.74, 6) is 0. The quantitative estimate of drug-likeness (QED) is 0.407. The van der Waals surface area contributed by atoms with Gasteiger partial charge >= 0.3 is 0 Å². The van der Waals surface area contributed by atoms with Gasteiger partial charge in [0.15, 0.2) is 0 Å². The van der Waals surface area contributed by atoms with E-state index in [1.54, 1.807) is 18.2 Å². The van der Waals surface area contributed by atoms with Crippen molar-refractivity contribution in [2.24, 2.45) is 0 Å². The van der Waals surface area contributed by atoms with Crippen LogP contribution in [0.5, 0.6) is 0 Å². The molecule has 8 nitrogen and oxygen atoms in total. The minimum absolute atomic E-state index is 0.233. The van der Waals surface area contributed by atoms with Gasteiger partial charge in [-0.15, -0.1) is 5.10 Å². The first kappa shape index (κ1) is 21.9. The first-order valence-electron chi connectivity index (χ1n) is 10.3. The summed E-state index contributed by atoms with van der Waals surface area (Å²) in [6.07, 6.45) is 0. The van der Waals surface area contributed by atoms with Crippen LogP contribution in [0.25, 0.3) is 16.7 Å². The van der Waals surface area contributed by atoms with Gasteiger partial charge in [-0.05, 0) is 56.1 Å². The van der Waals surface area contributed by atoms with E-state index < -0.39 is 10.0 Å². The topological polar surface area (TPSA) is 92.2 Å². The van der Waals surface area contributed by atoms with Crippen molar-refractivity contribution in [1.29, 1.82) is 0 Å². The average Bonchev–Trinajstić information content (AvgIpc) is 3.22. The van der Waals surface area contributed by atoms with Gasteiger partial charge in [-0.25, -0.2) is 17.8 Å². The molecular weight excluding hydrogens is 424 g/mol. The van der Waals surface area contributed by atoms with Crippen molar-refractivity contribution >= 4 is 26.7 Å². The number of benzene rings is 3. The predicted octanol–water partition coefficient (Wildman–Crippen LogP) is 2.87. The molecule has 4 rings (SSSR count). The lowest BCUT2D eigenvalue weighted by molar-refractivity contribution is 0.412. The number of rotatable bonds is 9. The number of anilines is 1. The Labute approximate surface area is 187 Å². The smallest absolute Gasteiger partial charge is 0.240 e. The summed E-state index contributed by atoms with van der Waals surface area (Å²) >= 11 is 0. The van der Waals surface area contributed by atoms with Gasteiger partial charge in [-0.1, -0.05) is 41.6 Å². The Hall–Kier alpha value is -3.27. The molecule has 0 aliphatic rings. The van der Waals surface area contributed by atoms with E-state index in [-0.39, 0.29) is 4.90 Å². The average molecular weight is 451 g/mol. The molecule has 32 heavy (non-hydrogen) atoms. The van der Waals surface area contributed by atoms with Gasteiger partial charge in [0.25, 0.3) is 0 Å². The van der Waals surface area contributed by atoms with Crippen LogP contribution < -0.4 is 10.0 Å². The Bertz CT molecular complexity index is 1320. The number of sulfonamides is 1. The molecule has 0 radical (unpaired) electrons. The number of fused-ring (bicyclic) bond motifs is 1. The first-order chi connectivity index (χ1) is 15.4. The summed E-state index contributed by atoms with van der Waals surface area (Å²) in [6, 6.07) is 22.6. The third kappa shape index (κ3) is 4.96. The molecule has 0 aliphatic heterocycles. The zero-order valence-corrected chi connectivity index (χ0v) is 18.9. The van der Waals surface area contributed by atoms with E-state index in [1.807, 2.05) is 78.3 Å². The Morgan fingerprint density at radius 1 is 0.969 bits per heavy atom. The van der Waals surface area contributed by atoms with Crippen molar-refractivity contribution in [1.82, 2.24) is 24.6 Å². The molecule has 0 atom stereocenters. The minimum atomic E-state index is -3.57. The normalized spacial score (nSPS) is 11.8. The Balaban J connectivity index is 1.52. The highest BCUT2D eigenvalue weighted by Crippen LogP contribution is 2.21. The number of aromatic nitrogens is 3. The zero-order chi connectivity index (χ0) is 22.6. The molecule has 2 N–H and O–H groups in total. The maximum absolute atomic E-state index is 12.6. The van der Waals surface area contributed by atoms with Gasteiger partial charge < -0.3 is 10.2 Å². The van der Waals surface area contributed by atoms with Crippen LogP contribution in [0.3, 0.4) is 0 Å². The van der Waals surface area contributed by atoms with Crippen molar-refractivity contribution in [2.45, 2.75) is 11.4 Å². The SMILES string of the molecule is CN(C)CCNS(=O)(=O)c1cccc(NCc2ccccc2-n2nnc3ccccc32)c1. The molecule has 0 spiro atoms. The molecular formula is C23H26N6O2S. The van der Waals surface area contributed by atoms with Crippen LogP contribution in [0.4, 0.5) is 5.69 Å². The number of hydrogen-bond donors (Lipinski definition) is 2. The van der Waals surface area contributed by atoms with Crippen molar-refractivity contribution in [3.8, 4) is 5.69 Å². The molecule has 1 heterocycles. The Kier molecular flexibility index (Phi) is 6.50. The summed E-state index contributed by atoms with van der Waals surface area (Å²) in [5.41, 5.74) is 4.41. The summed E-state index contributed by atoms with van der Waals surface area (Å²) in [7, 11) is 0.235. The molecule has 9 heteroatoms. The highest BCUT2D eigenvalue weighted by molar-refractivity contribution is 7.89. The van der Waals surface area contributed by atoms with Crippen LogP contribution >= 0.6 is 0 Å². The van der Waals surface area contributed by atoms with Crippen molar-refractivity contribution in [2.75, 3.05) is 32.5 Å². The first-order valence-corrected chi connectivity index (χ1v) is 11.8. The molecule has 3 aromatic carbocycles. The van der Waals surface area contributed by atoms with Crippen LogP contribution in [0.1, 0.15) is 5.56 Å². The van der Waals surface area contributed by atoms with Gasteiger partial charge in [0.1, 0.15) is 5.52 Å². The van der Waals surface area contributed by atoms with Gasteiger partial charge in [0.2, 0.25) is 10.0 Å². The Morgan fingerprint density at radius 3 is 2.59 bits per heavy atom. The van der Waals surface area contributed by atoms with Crippen LogP contribution in [0.15, 0.2) is 77.7 Å². The zero-order valence-electron chi connectivity index (χ0n) is 18.1. The third-order valence-electron chi connectivity index (χ3n) is 5.05. The molecule has 4 aromatic rings. The molecule has 1 aromatic heterocycles. The lowest BCUT2D eigenvalue weighted by atomic mass is 10.1. The number of likely N-dealkylation sites (N-methyl/N-ethyl adjacent to an activating group) is 1. The van der Waals surface area contributed by atoms with E-state index >= 15 is 0 Å². The highest BCUT2D eigenvalue weighted by Gasteiger charge is 2.14. The number of nitrogens with one attached hydrogen (secondary N) is 2. The lowest BCUT2D eigenvalue weighted by Crippen LogP contribution is -2.31. The molecule has 0 fully saturated rings. The summed E-state index contributed by atoms with van der Waals surface area (Å²) < 4.78 is 29.7. The fourth-order valence-corrected chi connectivity index (χ4v) is 4.44. The standard InChI is InChI=1S/C23H26N6O2S/c1-28(2)15-14-25-32(30,31)20-10-7-9-19(16-20)24-17-18-8-3-5-12-22(18)29-23-13-6-4-11-21(23)26-27-29/h3-13,16,24-25H,14-15,17H2,1-2H3. The number of hydrogen-bond acceptors (Lipinski definition) is 6. The fraction of sp³-hybridized carbons (Fsp3) is 0.217. The molecule has 166 valence electrons. The summed E-state index contributed by atoms with van der Waals surface area (Å²) in [6.45, 7) is 1.49. The summed E-state index contributed by atoms with van der Waals surface area (Å²) in [4.78, 5) is 2.16. The summed E-state index contributed by atoms with van der Waals surface area (Å²) in [5, 5.41) is 11.9. The number of para-hydroxylation sites is 2. The van der Waals surface area contributed by atoms with E-state index in [2.05, 4.69) is 20.4 Å². The van der Waals surface area contributed by atoms with Gasteiger partial charge in [0, 0.05) is 25.3 Å². The van der Waals surface area contributed by atoms with E-state index in [9.17, 15) is 8.42 Å². The van der Waals surface area contributed by atoms with Crippen LogP contribution in [-0.2, 0) is 16.6 Å². The van der Waals surface area contributed by atoms with Crippen molar-refractivity contribution in [3.05, 3.63) is 78.4 Å². The lowest BCUT2D eigenvalue weighted by Gasteiger charge is -2.14. The van der Waals surface area contributed by atoms with Gasteiger partial charge in [0.05, 0.1) is 16.1 Å². The van der Waals surface area contributed by atoms with Crippen LogP contribution in [0, 0.1) is 0 Å². The molecule has 0 aliphatic carbocycles. The Morgan fingerprint density at radius 2 is 1.75 bits per heavy atom. The second-order valence-electron chi connectivity index (χ2n) is 7.70. The molecule has 0 unspecified atom stereocenters. The van der Waals surface area contributed by atoms with E-state index in [0.29, 0.717) is 19.6 Å². The van der Waals surface area contributed by atoms with Crippen molar-refractivity contribution < 1.29 is 8.42 Å². The van der Waals surface area contributed by atoms with Gasteiger partial charge in [-0.3, -0.25) is 0 Å². The minimum Gasteiger partial charge on any atom is -0.381 e. The largest absolute Gasteiger partial charge is 0.381 e. The maximum Gasteiger partial charge on any atom is 0.240 e. The third-order valence-corrected chi connectivity index (χ3v) is 6.51. The number of nitrogens with zero attached hydrogens (tertiary/aromatic N) is 4. The predicted molar refractivity (Wildman–Crippen MR) is 126 cm³/mol. The second-order valence-corrected chi connectivity index (χ2v) is 9.47. The van der Waals surface area contributed by atoms with E-state index in [4.69, 9.17) is 0 Å². The highest BCUT2D eigenvalue weighted by atomic mass is 32.2. The van der Waals surface area contributed by atoms with E-state index in [1.165, 1.54) is 0 Å². The van der Waals surface area contributed by atoms with Gasteiger partial charge in [-0.2, -0.15) is 0 Å². The second kappa shape index (κ2) is 9.47.